The summed E-state index contributed by atoms with van der Waals surface area (Å²) in [6.45, 7) is 10.5. The van der Waals surface area contributed by atoms with Gasteiger partial charge in [-0.2, -0.15) is 0 Å². The SMILES string of the molecule is CCc1cc(C)c(Oc2cc(C)c(OC)c(C)c2)c(C)c1. The van der Waals surface area contributed by atoms with E-state index in [0.717, 1.165) is 34.8 Å². The first-order valence-corrected chi connectivity index (χ1v) is 7.39. The highest BCUT2D eigenvalue weighted by molar-refractivity contribution is 5.50. The molecule has 0 aliphatic carbocycles. The highest BCUT2D eigenvalue weighted by Crippen LogP contribution is 2.34. The van der Waals surface area contributed by atoms with Crippen molar-refractivity contribution in [2.24, 2.45) is 0 Å². The lowest BCUT2D eigenvalue weighted by Crippen LogP contribution is -1.96. The molecule has 0 aliphatic rings. The average Bonchev–Trinajstić information content (AvgIpc) is 2.42. The molecule has 0 bridgehead atoms. The van der Waals surface area contributed by atoms with Gasteiger partial charge in [-0.3, -0.25) is 0 Å². The van der Waals surface area contributed by atoms with Gasteiger partial charge < -0.3 is 9.47 Å². The van der Waals surface area contributed by atoms with Crippen molar-refractivity contribution in [3.8, 4) is 17.2 Å². The number of methoxy groups -OCH3 is 1. The fraction of sp³-hybridized carbons (Fsp3) is 0.368. The second kappa shape index (κ2) is 6.21. The van der Waals surface area contributed by atoms with E-state index in [1.165, 1.54) is 16.7 Å². The Morgan fingerprint density at radius 1 is 0.762 bits per heavy atom. The molecule has 0 saturated heterocycles. The summed E-state index contributed by atoms with van der Waals surface area (Å²) >= 11 is 0. The van der Waals surface area contributed by atoms with Gasteiger partial charge in [0.1, 0.15) is 17.2 Å². The van der Waals surface area contributed by atoms with E-state index >= 15 is 0 Å². The normalized spacial score (nSPS) is 10.6. The Kier molecular flexibility index (Phi) is 4.56. The van der Waals surface area contributed by atoms with Crippen LogP contribution in [0, 0.1) is 27.7 Å². The standard InChI is InChI=1S/C19H24O2/c1-7-16-8-12(2)19(13(3)9-16)21-17-10-14(4)18(20-6)15(5)11-17/h8-11H,7H2,1-6H3. The molecule has 0 amide bonds. The molecule has 21 heavy (non-hydrogen) atoms. The van der Waals surface area contributed by atoms with Crippen molar-refractivity contribution in [1.82, 2.24) is 0 Å². The molecule has 2 aromatic rings. The molecule has 2 nitrogen and oxygen atoms in total. The second-order valence-corrected chi connectivity index (χ2v) is 5.60. The molecule has 0 spiro atoms. The van der Waals surface area contributed by atoms with E-state index < -0.39 is 0 Å². The second-order valence-electron chi connectivity index (χ2n) is 5.60. The maximum atomic E-state index is 6.15. The van der Waals surface area contributed by atoms with E-state index in [0.29, 0.717) is 0 Å². The third-order valence-electron chi connectivity index (χ3n) is 3.79. The van der Waals surface area contributed by atoms with E-state index in [1.807, 2.05) is 26.0 Å². The van der Waals surface area contributed by atoms with Crippen LogP contribution in [0.4, 0.5) is 0 Å². The van der Waals surface area contributed by atoms with Crippen molar-refractivity contribution in [2.45, 2.75) is 41.0 Å². The van der Waals surface area contributed by atoms with Crippen LogP contribution in [0.5, 0.6) is 17.2 Å². The van der Waals surface area contributed by atoms with Gasteiger partial charge >= 0.3 is 0 Å². The molecule has 0 unspecified atom stereocenters. The van der Waals surface area contributed by atoms with Gasteiger partial charge in [-0.1, -0.05) is 19.1 Å². The van der Waals surface area contributed by atoms with Crippen molar-refractivity contribution in [3.63, 3.8) is 0 Å². The molecule has 2 heteroatoms. The third kappa shape index (κ3) is 3.21. The predicted octanol–water partition coefficient (Wildman–Crippen LogP) is 5.28. The van der Waals surface area contributed by atoms with E-state index in [4.69, 9.17) is 9.47 Å². The molecule has 0 aliphatic heterocycles. The molecule has 0 fully saturated rings. The summed E-state index contributed by atoms with van der Waals surface area (Å²) in [5.41, 5.74) is 5.89. The molecular weight excluding hydrogens is 260 g/mol. The summed E-state index contributed by atoms with van der Waals surface area (Å²) in [7, 11) is 1.70. The van der Waals surface area contributed by atoms with Crippen molar-refractivity contribution in [3.05, 3.63) is 52.1 Å². The Balaban J connectivity index is 2.39. The minimum absolute atomic E-state index is 0.862. The van der Waals surface area contributed by atoms with Gasteiger partial charge in [0.2, 0.25) is 0 Å². The maximum Gasteiger partial charge on any atom is 0.133 e. The molecule has 0 atom stereocenters. The lowest BCUT2D eigenvalue weighted by Gasteiger charge is -2.16. The first-order valence-electron chi connectivity index (χ1n) is 7.39. The lowest BCUT2D eigenvalue weighted by molar-refractivity contribution is 0.406. The van der Waals surface area contributed by atoms with Crippen LogP contribution in [0.2, 0.25) is 0 Å². The number of benzene rings is 2. The van der Waals surface area contributed by atoms with Crippen LogP contribution in [-0.2, 0) is 6.42 Å². The van der Waals surface area contributed by atoms with E-state index in [1.54, 1.807) is 7.11 Å². The minimum Gasteiger partial charge on any atom is -0.496 e. The van der Waals surface area contributed by atoms with Gasteiger partial charge in [-0.05, 0) is 74.1 Å². The molecule has 2 aromatic carbocycles. The summed E-state index contributed by atoms with van der Waals surface area (Å²) in [5, 5.41) is 0. The fourth-order valence-corrected chi connectivity index (χ4v) is 2.81. The van der Waals surface area contributed by atoms with Crippen LogP contribution in [0.25, 0.3) is 0 Å². The van der Waals surface area contributed by atoms with Gasteiger partial charge in [0.25, 0.3) is 0 Å². The number of rotatable bonds is 4. The molecule has 0 radical (unpaired) electrons. The summed E-state index contributed by atoms with van der Waals surface area (Å²) in [5.74, 6) is 2.74. The van der Waals surface area contributed by atoms with Crippen LogP contribution in [0.1, 0.15) is 34.7 Å². The van der Waals surface area contributed by atoms with Crippen LogP contribution < -0.4 is 9.47 Å². The maximum absolute atomic E-state index is 6.15. The number of ether oxygens (including phenoxy) is 2. The van der Waals surface area contributed by atoms with Crippen molar-refractivity contribution in [2.75, 3.05) is 7.11 Å². The Morgan fingerprint density at radius 3 is 1.67 bits per heavy atom. The van der Waals surface area contributed by atoms with E-state index in [9.17, 15) is 0 Å². The monoisotopic (exact) mass is 284 g/mol. The molecule has 112 valence electrons. The summed E-state index contributed by atoms with van der Waals surface area (Å²) in [6, 6.07) is 8.45. The Bertz CT molecular complexity index is 611. The average molecular weight is 284 g/mol. The lowest BCUT2D eigenvalue weighted by atomic mass is 10.0. The first kappa shape index (κ1) is 15.4. The number of hydrogen-bond acceptors (Lipinski definition) is 2. The highest BCUT2D eigenvalue weighted by atomic mass is 16.5. The van der Waals surface area contributed by atoms with Gasteiger partial charge in [-0.25, -0.2) is 0 Å². The topological polar surface area (TPSA) is 18.5 Å². The van der Waals surface area contributed by atoms with Crippen molar-refractivity contribution >= 4 is 0 Å². The Morgan fingerprint density at radius 2 is 1.24 bits per heavy atom. The zero-order valence-corrected chi connectivity index (χ0v) is 13.8. The first-order chi connectivity index (χ1) is 9.96. The fourth-order valence-electron chi connectivity index (χ4n) is 2.81. The van der Waals surface area contributed by atoms with Crippen LogP contribution in [0.3, 0.4) is 0 Å². The Labute approximate surface area is 127 Å². The van der Waals surface area contributed by atoms with Crippen molar-refractivity contribution < 1.29 is 9.47 Å². The predicted molar refractivity (Wildman–Crippen MR) is 87.8 cm³/mol. The minimum atomic E-state index is 0.862. The highest BCUT2D eigenvalue weighted by Gasteiger charge is 2.10. The zero-order chi connectivity index (χ0) is 15.6. The van der Waals surface area contributed by atoms with Gasteiger partial charge in [-0.15, -0.1) is 0 Å². The largest absolute Gasteiger partial charge is 0.496 e. The number of hydrogen-bond donors (Lipinski definition) is 0. The summed E-state index contributed by atoms with van der Waals surface area (Å²) < 4.78 is 11.5. The van der Waals surface area contributed by atoms with Crippen LogP contribution in [0.15, 0.2) is 24.3 Å². The summed E-state index contributed by atoms with van der Waals surface area (Å²) in [4.78, 5) is 0. The molecule has 2 rings (SSSR count). The third-order valence-corrected chi connectivity index (χ3v) is 3.79. The smallest absolute Gasteiger partial charge is 0.133 e. The van der Waals surface area contributed by atoms with Crippen molar-refractivity contribution in [1.29, 1.82) is 0 Å². The van der Waals surface area contributed by atoms with Gasteiger partial charge in [0, 0.05) is 0 Å². The quantitative estimate of drug-likeness (QED) is 0.760. The van der Waals surface area contributed by atoms with E-state index in [2.05, 4.69) is 32.9 Å². The number of aryl methyl sites for hydroxylation is 5. The molecular formula is C19H24O2. The summed E-state index contributed by atoms with van der Waals surface area (Å²) in [6.07, 6.45) is 1.04. The molecule has 0 aromatic heterocycles. The van der Waals surface area contributed by atoms with Gasteiger partial charge in [0.05, 0.1) is 7.11 Å². The molecule has 0 heterocycles. The van der Waals surface area contributed by atoms with Gasteiger partial charge in [0.15, 0.2) is 0 Å². The zero-order valence-electron chi connectivity index (χ0n) is 13.8. The van der Waals surface area contributed by atoms with E-state index in [-0.39, 0.29) is 0 Å². The van der Waals surface area contributed by atoms with Crippen LogP contribution in [-0.4, -0.2) is 7.11 Å². The van der Waals surface area contributed by atoms with Crippen LogP contribution >= 0.6 is 0 Å². The molecule has 0 N–H and O–H groups in total. The Hall–Kier alpha value is -1.96. The molecule has 0 saturated carbocycles.